The molecule has 0 saturated heterocycles. The van der Waals surface area contributed by atoms with E-state index in [0.29, 0.717) is 10.9 Å². The molecule has 0 aliphatic heterocycles. The highest BCUT2D eigenvalue weighted by atomic mass is 79.9. The number of hydrogen-bond acceptors (Lipinski definition) is 7. The van der Waals surface area contributed by atoms with Crippen LogP contribution in [0.15, 0.2) is 92.5 Å². The van der Waals surface area contributed by atoms with Crippen LogP contribution in [0.4, 0.5) is 11.4 Å². The summed E-state index contributed by atoms with van der Waals surface area (Å²) in [7, 11) is 0. The third-order valence-corrected chi connectivity index (χ3v) is 5.48. The van der Waals surface area contributed by atoms with Crippen LogP contribution < -0.4 is 10.7 Å². The highest BCUT2D eigenvalue weighted by Gasteiger charge is 2.28. The molecule has 1 heterocycles. The standard InChI is InChI=1S/C24H15BrN2O7/c25-17-12-15(27(31)32)10-11-18(17)26-23(29)22(14-6-2-1-3-7-14)34-24(30)21-13-19(28)16-8-4-5-9-20(16)33-21/h1-13,22H,(H,26,29)/t22-/m0/s1. The fraction of sp³-hybridized carbons (Fsp3) is 0.0417. The minimum absolute atomic E-state index is 0.165. The van der Waals surface area contributed by atoms with E-state index in [1.807, 2.05) is 0 Å². The number of halogens is 1. The normalized spacial score (nSPS) is 11.6. The molecule has 0 aliphatic rings. The van der Waals surface area contributed by atoms with Gasteiger partial charge < -0.3 is 14.5 Å². The quantitative estimate of drug-likeness (QED) is 0.214. The molecule has 0 radical (unpaired) electrons. The predicted molar refractivity (Wildman–Crippen MR) is 127 cm³/mol. The zero-order valence-corrected chi connectivity index (χ0v) is 18.9. The van der Waals surface area contributed by atoms with Gasteiger partial charge in [0.1, 0.15) is 5.58 Å². The number of amides is 1. The van der Waals surface area contributed by atoms with Crippen molar-refractivity contribution in [2.45, 2.75) is 6.10 Å². The third-order valence-electron chi connectivity index (χ3n) is 4.82. The van der Waals surface area contributed by atoms with Crippen molar-refractivity contribution in [2.75, 3.05) is 5.32 Å². The minimum atomic E-state index is -1.40. The highest BCUT2D eigenvalue weighted by Crippen LogP contribution is 2.29. The molecule has 10 heteroatoms. The Morgan fingerprint density at radius 1 is 1.00 bits per heavy atom. The molecule has 0 unspecified atom stereocenters. The number of carbonyl (C=O) groups excluding carboxylic acids is 2. The van der Waals surface area contributed by atoms with Crippen molar-refractivity contribution in [1.29, 1.82) is 0 Å². The summed E-state index contributed by atoms with van der Waals surface area (Å²) in [6.45, 7) is 0. The fourth-order valence-corrected chi connectivity index (χ4v) is 3.65. The fourth-order valence-electron chi connectivity index (χ4n) is 3.19. The molecule has 0 fully saturated rings. The van der Waals surface area contributed by atoms with Crippen molar-refractivity contribution in [2.24, 2.45) is 0 Å². The molecule has 0 spiro atoms. The maximum atomic E-state index is 13.1. The SMILES string of the molecule is O=C(O[C@H](C(=O)Nc1ccc([N+](=O)[O-])cc1Br)c1ccccc1)c1cc(=O)c2ccccc2o1. The first-order chi connectivity index (χ1) is 16.3. The van der Waals surface area contributed by atoms with Gasteiger partial charge in [0, 0.05) is 28.2 Å². The van der Waals surface area contributed by atoms with Gasteiger partial charge in [-0.25, -0.2) is 4.79 Å². The van der Waals surface area contributed by atoms with E-state index in [9.17, 15) is 24.5 Å². The van der Waals surface area contributed by atoms with Gasteiger partial charge in [-0.2, -0.15) is 0 Å². The van der Waals surface area contributed by atoms with Crippen LogP contribution in [0.5, 0.6) is 0 Å². The summed E-state index contributed by atoms with van der Waals surface area (Å²) in [4.78, 5) is 48.7. The van der Waals surface area contributed by atoms with Gasteiger partial charge in [0.15, 0.2) is 5.43 Å². The average molecular weight is 523 g/mol. The second-order valence-electron chi connectivity index (χ2n) is 7.08. The van der Waals surface area contributed by atoms with Crippen LogP contribution in [0.3, 0.4) is 0 Å². The van der Waals surface area contributed by atoms with Crippen LogP contribution in [0, 0.1) is 10.1 Å². The first kappa shape index (κ1) is 22.9. The lowest BCUT2D eigenvalue weighted by molar-refractivity contribution is -0.384. The lowest BCUT2D eigenvalue weighted by atomic mass is 10.1. The van der Waals surface area contributed by atoms with Crippen LogP contribution in [-0.2, 0) is 9.53 Å². The molecule has 0 saturated carbocycles. The first-order valence-electron chi connectivity index (χ1n) is 9.87. The summed E-state index contributed by atoms with van der Waals surface area (Å²) in [5, 5.41) is 13.9. The van der Waals surface area contributed by atoms with Crippen LogP contribution in [-0.4, -0.2) is 16.8 Å². The summed E-state index contributed by atoms with van der Waals surface area (Å²) in [5.74, 6) is -2.07. The number of hydrogen-bond donors (Lipinski definition) is 1. The van der Waals surface area contributed by atoms with Gasteiger partial charge >= 0.3 is 5.97 Å². The van der Waals surface area contributed by atoms with Gasteiger partial charge in [-0.05, 0) is 34.1 Å². The number of ether oxygens (including phenoxy) is 1. The van der Waals surface area contributed by atoms with E-state index in [1.165, 1.54) is 18.2 Å². The Kier molecular flexibility index (Phi) is 6.51. The molecule has 1 N–H and O–H groups in total. The van der Waals surface area contributed by atoms with Crippen LogP contribution in [0.25, 0.3) is 11.0 Å². The number of para-hydroxylation sites is 1. The predicted octanol–water partition coefficient (Wildman–Crippen LogP) is 5.00. The molecule has 1 amide bonds. The van der Waals surface area contributed by atoms with E-state index in [-0.39, 0.29) is 27.2 Å². The highest BCUT2D eigenvalue weighted by molar-refractivity contribution is 9.10. The Labute approximate surface area is 200 Å². The molecule has 3 aromatic carbocycles. The summed E-state index contributed by atoms with van der Waals surface area (Å²) in [5.41, 5.74) is 0.225. The topological polar surface area (TPSA) is 129 Å². The number of non-ortho nitro benzene ring substituents is 1. The van der Waals surface area contributed by atoms with Crippen molar-refractivity contribution < 1.29 is 23.7 Å². The number of rotatable bonds is 6. The zero-order valence-electron chi connectivity index (χ0n) is 17.3. The Hall–Kier alpha value is -4.31. The van der Waals surface area contributed by atoms with Crippen molar-refractivity contribution in [1.82, 2.24) is 0 Å². The van der Waals surface area contributed by atoms with E-state index in [0.717, 1.165) is 6.07 Å². The maximum absolute atomic E-state index is 13.1. The largest absolute Gasteiger partial charge is 0.449 e. The van der Waals surface area contributed by atoms with Crippen molar-refractivity contribution in [3.63, 3.8) is 0 Å². The van der Waals surface area contributed by atoms with E-state index in [4.69, 9.17) is 9.15 Å². The Bertz CT molecular complexity index is 1470. The lowest BCUT2D eigenvalue weighted by Gasteiger charge is -2.18. The van der Waals surface area contributed by atoms with Crippen molar-refractivity contribution in [3.05, 3.63) is 115 Å². The van der Waals surface area contributed by atoms with E-state index >= 15 is 0 Å². The van der Waals surface area contributed by atoms with Crippen LogP contribution in [0.1, 0.15) is 22.2 Å². The number of esters is 1. The Balaban J connectivity index is 1.63. The van der Waals surface area contributed by atoms with Gasteiger partial charge in [0.2, 0.25) is 11.9 Å². The monoisotopic (exact) mass is 522 g/mol. The van der Waals surface area contributed by atoms with Crippen molar-refractivity contribution in [3.8, 4) is 0 Å². The van der Waals surface area contributed by atoms with Gasteiger partial charge in [-0.3, -0.25) is 19.7 Å². The molecule has 0 bridgehead atoms. The first-order valence-corrected chi connectivity index (χ1v) is 10.7. The average Bonchev–Trinajstić information content (AvgIpc) is 2.84. The van der Waals surface area contributed by atoms with Gasteiger partial charge in [0.25, 0.3) is 11.6 Å². The molecule has 4 aromatic rings. The molecule has 4 rings (SSSR count). The zero-order chi connectivity index (χ0) is 24.2. The lowest BCUT2D eigenvalue weighted by Crippen LogP contribution is -2.26. The van der Waals surface area contributed by atoms with Gasteiger partial charge in [-0.1, -0.05) is 42.5 Å². The summed E-state index contributed by atoms with van der Waals surface area (Å²) in [6.07, 6.45) is -1.40. The maximum Gasteiger partial charge on any atom is 0.375 e. The molecule has 34 heavy (non-hydrogen) atoms. The summed E-state index contributed by atoms with van der Waals surface area (Å²) in [6, 6.07) is 19.5. The number of nitrogens with one attached hydrogen (secondary N) is 1. The smallest absolute Gasteiger partial charge is 0.375 e. The minimum Gasteiger partial charge on any atom is -0.449 e. The van der Waals surface area contributed by atoms with Crippen LogP contribution in [0.2, 0.25) is 0 Å². The summed E-state index contributed by atoms with van der Waals surface area (Å²) < 4.78 is 11.2. The molecule has 9 nitrogen and oxygen atoms in total. The van der Waals surface area contributed by atoms with Crippen LogP contribution >= 0.6 is 15.9 Å². The Morgan fingerprint density at radius 2 is 1.71 bits per heavy atom. The molecule has 170 valence electrons. The number of nitro benzene ring substituents is 1. The number of benzene rings is 3. The molecule has 1 aromatic heterocycles. The van der Waals surface area contributed by atoms with E-state index < -0.39 is 28.3 Å². The molecule has 1 atom stereocenters. The number of anilines is 1. The Morgan fingerprint density at radius 3 is 2.41 bits per heavy atom. The molecular weight excluding hydrogens is 508 g/mol. The second kappa shape index (κ2) is 9.67. The molecular formula is C24H15BrN2O7. The second-order valence-corrected chi connectivity index (χ2v) is 7.93. The molecule has 0 aliphatic carbocycles. The number of carbonyl (C=O) groups is 2. The van der Waals surface area contributed by atoms with Gasteiger partial charge in [0.05, 0.1) is 16.0 Å². The number of nitro groups is 1. The van der Waals surface area contributed by atoms with Crippen molar-refractivity contribution >= 4 is 50.2 Å². The number of fused-ring (bicyclic) bond motifs is 1. The van der Waals surface area contributed by atoms with E-state index in [1.54, 1.807) is 54.6 Å². The number of nitrogens with zero attached hydrogens (tertiary/aromatic N) is 1. The van der Waals surface area contributed by atoms with Gasteiger partial charge in [-0.15, -0.1) is 0 Å². The van der Waals surface area contributed by atoms with E-state index in [2.05, 4.69) is 21.2 Å². The third kappa shape index (κ3) is 4.86. The summed E-state index contributed by atoms with van der Waals surface area (Å²) >= 11 is 3.19.